The fourth-order valence-electron chi connectivity index (χ4n) is 1.37. The average molecular weight is 231 g/mol. The number of carbonyl (C=O) groups is 1. The van der Waals surface area contributed by atoms with Gasteiger partial charge >= 0.3 is 0 Å². The summed E-state index contributed by atoms with van der Waals surface area (Å²) >= 11 is 0. The first kappa shape index (κ1) is 15.3. The number of ether oxygens (including phenoxy) is 1. The molecule has 3 N–H and O–H groups in total. The summed E-state index contributed by atoms with van der Waals surface area (Å²) in [6.07, 6.45) is 1.75. The number of methoxy groups -OCH3 is 1. The quantitative estimate of drug-likeness (QED) is 0.547. The van der Waals surface area contributed by atoms with Gasteiger partial charge in [0.05, 0.1) is 12.6 Å². The molecule has 0 fully saturated rings. The third kappa shape index (κ3) is 7.62. The van der Waals surface area contributed by atoms with Crippen LogP contribution in [0, 0.1) is 0 Å². The maximum absolute atomic E-state index is 11.1. The van der Waals surface area contributed by atoms with E-state index in [4.69, 9.17) is 10.5 Å². The summed E-state index contributed by atoms with van der Waals surface area (Å²) in [7, 11) is 3.69. The maximum atomic E-state index is 11.1. The van der Waals surface area contributed by atoms with Crippen LogP contribution in [0.5, 0.6) is 0 Å². The van der Waals surface area contributed by atoms with Crippen LogP contribution in [-0.2, 0) is 9.53 Å². The summed E-state index contributed by atoms with van der Waals surface area (Å²) in [5, 5.41) is 3.15. The highest BCUT2D eigenvalue weighted by atomic mass is 16.5. The SMILES string of the molecule is CCCNC(CCN(C)CCOC)C(N)=O. The molecule has 0 bridgehead atoms. The van der Waals surface area contributed by atoms with E-state index >= 15 is 0 Å². The van der Waals surface area contributed by atoms with Crippen LogP contribution in [-0.4, -0.2) is 57.2 Å². The van der Waals surface area contributed by atoms with Gasteiger partial charge in [0.15, 0.2) is 0 Å². The maximum Gasteiger partial charge on any atom is 0.234 e. The van der Waals surface area contributed by atoms with Crippen molar-refractivity contribution in [3.05, 3.63) is 0 Å². The van der Waals surface area contributed by atoms with Crippen LogP contribution in [0.4, 0.5) is 0 Å². The first-order valence-corrected chi connectivity index (χ1v) is 5.82. The van der Waals surface area contributed by atoms with E-state index in [2.05, 4.69) is 17.1 Å². The highest BCUT2D eigenvalue weighted by Gasteiger charge is 2.14. The van der Waals surface area contributed by atoms with Crippen LogP contribution in [0.15, 0.2) is 0 Å². The molecule has 5 heteroatoms. The average Bonchev–Trinajstić information content (AvgIpc) is 2.25. The predicted molar refractivity (Wildman–Crippen MR) is 65.3 cm³/mol. The minimum absolute atomic E-state index is 0.218. The number of amides is 1. The number of carbonyl (C=O) groups excluding carboxylic acids is 1. The molecule has 1 amide bonds. The van der Waals surface area contributed by atoms with E-state index < -0.39 is 0 Å². The van der Waals surface area contributed by atoms with Crippen molar-refractivity contribution in [1.82, 2.24) is 10.2 Å². The topological polar surface area (TPSA) is 67.6 Å². The number of nitrogens with one attached hydrogen (secondary N) is 1. The molecule has 0 spiro atoms. The van der Waals surface area contributed by atoms with Gasteiger partial charge < -0.3 is 20.7 Å². The number of hydrogen-bond donors (Lipinski definition) is 2. The molecule has 0 aromatic carbocycles. The van der Waals surface area contributed by atoms with Crippen LogP contribution < -0.4 is 11.1 Å². The van der Waals surface area contributed by atoms with Crippen molar-refractivity contribution in [3.8, 4) is 0 Å². The van der Waals surface area contributed by atoms with Gasteiger partial charge in [-0.2, -0.15) is 0 Å². The molecule has 0 saturated carbocycles. The fourth-order valence-corrected chi connectivity index (χ4v) is 1.37. The highest BCUT2D eigenvalue weighted by molar-refractivity contribution is 5.79. The van der Waals surface area contributed by atoms with Crippen molar-refractivity contribution in [2.75, 3.05) is 40.4 Å². The smallest absolute Gasteiger partial charge is 0.234 e. The molecule has 5 nitrogen and oxygen atoms in total. The zero-order valence-corrected chi connectivity index (χ0v) is 10.7. The van der Waals surface area contributed by atoms with Crippen LogP contribution in [0.2, 0.25) is 0 Å². The summed E-state index contributed by atoms with van der Waals surface area (Å²) in [5.74, 6) is -0.270. The van der Waals surface area contributed by atoms with Crippen LogP contribution in [0.3, 0.4) is 0 Å². The van der Waals surface area contributed by atoms with Crippen molar-refractivity contribution >= 4 is 5.91 Å². The molecule has 1 unspecified atom stereocenters. The lowest BCUT2D eigenvalue weighted by Gasteiger charge is -2.20. The molecule has 0 aromatic heterocycles. The van der Waals surface area contributed by atoms with E-state index in [1.54, 1.807) is 7.11 Å². The zero-order valence-electron chi connectivity index (χ0n) is 10.7. The summed E-state index contributed by atoms with van der Waals surface area (Å²) in [5.41, 5.74) is 5.32. The van der Waals surface area contributed by atoms with Gasteiger partial charge in [-0.15, -0.1) is 0 Å². The van der Waals surface area contributed by atoms with E-state index in [1.807, 2.05) is 7.05 Å². The number of primary amides is 1. The second kappa shape index (κ2) is 9.57. The van der Waals surface area contributed by atoms with Gasteiger partial charge in [0.2, 0.25) is 5.91 Å². The Kier molecular flexibility index (Phi) is 9.18. The molecule has 0 rings (SSSR count). The van der Waals surface area contributed by atoms with Crippen molar-refractivity contribution < 1.29 is 9.53 Å². The van der Waals surface area contributed by atoms with Gasteiger partial charge in [-0.1, -0.05) is 6.92 Å². The summed E-state index contributed by atoms with van der Waals surface area (Å²) < 4.78 is 4.98. The van der Waals surface area contributed by atoms with Crippen molar-refractivity contribution in [2.24, 2.45) is 5.73 Å². The summed E-state index contributed by atoms with van der Waals surface area (Å²) in [6, 6.07) is -0.218. The van der Waals surface area contributed by atoms with Gasteiger partial charge in [0, 0.05) is 13.7 Å². The molecule has 16 heavy (non-hydrogen) atoms. The lowest BCUT2D eigenvalue weighted by Crippen LogP contribution is -2.43. The Bertz CT molecular complexity index is 188. The van der Waals surface area contributed by atoms with E-state index in [0.29, 0.717) is 6.61 Å². The first-order valence-electron chi connectivity index (χ1n) is 5.82. The Balaban J connectivity index is 3.78. The molecule has 0 aliphatic rings. The molecule has 0 aliphatic heterocycles. The van der Waals surface area contributed by atoms with Crippen LogP contribution >= 0.6 is 0 Å². The van der Waals surface area contributed by atoms with Gasteiger partial charge in [0.1, 0.15) is 0 Å². The predicted octanol–water partition coefficient (Wildman–Crippen LogP) is -0.192. The standard InChI is InChI=1S/C11H25N3O2/c1-4-6-13-10(11(12)15)5-7-14(2)8-9-16-3/h10,13H,4-9H2,1-3H3,(H2,12,15). The highest BCUT2D eigenvalue weighted by Crippen LogP contribution is 1.95. The third-order valence-corrected chi connectivity index (χ3v) is 2.46. The number of hydrogen-bond acceptors (Lipinski definition) is 4. The molecule has 0 heterocycles. The Morgan fingerprint density at radius 3 is 2.69 bits per heavy atom. The third-order valence-electron chi connectivity index (χ3n) is 2.46. The minimum Gasteiger partial charge on any atom is -0.383 e. The van der Waals surface area contributed by atoms with Crippen molar-refractivity contribution in [2.45, 2.75) is 25.8 Å². The molecular weight excluding hydrogens is 206 g/mol. The minimum atomic E-state index is -0.270. The normalized spacial score (nSPS) is 13.0. The number of nitrogens with two attached hydrogens (primary N) is 1. The van der Waals surface area contributed by atoms with E-state index in [0.717, 1.165) is 32.5 Å². The Hall–Kier alpha value is -0.650. The first-order chi connectivity index (χ1) is 7.61. The Morgan fingerprint density at radius 2 is 2.19 bits per heavy atom. The van der Waals surface area contributed by atoms with Crippen molar-refractivity contribution in [1.29, 1.82) is 0 Å². The molecule has 1 atom stereocenters. The van der Waals surface area contributed by atoms with E-state index in [-0.39, 0.29) is 11.9 Å². The molecular formula is C11H25N3O2. The molecule has 96 valence electrons. The Morgan fingerprint density at radius 1 is 1.50 bits per heavy atom. The van der Waals surface area contributed by atoms with E-state index in [9.17, 15) is 4.79 Å². The van der Waals surface area contributed by atoms with Gasteiger partial charge in [-0.25, -0.2) is 0 Å². The van der Waals surface area contributed by atoms with Crippen LogP contribution in [0.25, 0.3) is 0 Å². The molecule has 0 aliphatic carbocycles. The van der Waals surface area contributed by atoms with Gasteiger partial charge in [0.25, 0.3) is 0 Å². The monoisotopic (exact) mass is 231 g/mol. The summed E-state index contributed by atoms with van der Waals surface area (Å²) in [4.78, 5) is 13.3. The largest absolute Gasteiger partial charge is 0.383 e. The van der Waals surface area contributed by atoms with Crippen molar-refractivity contribution in [3.63, 3.8) is 0 Å². The van der Waals surface area contributed by atoms with E-state index in [1.165, 1.54) is 0 Å². The van der Waals surface area contributed by atoms with Crippen LogP contribution in [0.1, 0.15) is 19.8 Å². The fraction of sp³-hybridized carbons (Fsp3) is 0.909. The summed E-state index contributed by atoms with van der Waals surface area (Å²) in [6.45, 7) is 5.31. The zero-order chi connectivity index (χ0) is 12.4. The number of nitrogens with zero attached hydrogens (tertiary/aromatic N) is 1. The molecule has 0 aromatic rings. The van der Waals surface area contributed by atoms with Gasteiger partial charge in [-0.3, -0.25) is 4.79 Å². The molecule has 0 saturated heterocycles. The lowest BCUT2D eigenvalue weighted by atomic mass is 10.2. The number of likely N-dealkylation sites (N-methyl/N-ethyl adjacent to an activating group) is 1. The second-order valence-electron chi connectivity index (χ2n) is 3.99. The van der Waals surface area contributed by atoms with Gasteiger partial charge in [-0.05, 0) is 33.0 Å². The lowest BCUT2D eigenvalue weighted by molar-refractivity contribution is -0.120. The second-order valence-corrected chi connectivity index (χ2v) is 3.99. The molecule has 0 radical (unpaired) electrons. The number of rotatable bonds is 10. The Labute approximate surface area is 98.3 Å².